The van der Waals surface area contributed by atoms with Crippen LogP contribution in [0.2, 0.25) is 5.02 Å². The Morgan fingerprint density at radius 2 is 2.04 bits per heavy atom. The molecule has 2 aliphatic rings. The van der Waals surface area contributed by atoms with Gasteiger partial charge < -0.3 is 10.2 Å². The lowest BCUT2D eigenvalue weighted by Gasteiger charge is -2.39. The van der Waals surface area contributed by atoms with Crippen LogP contribution in [0.5, 0.6) is 0 Å². The molecule has 6 heteroatoms. The fraction of sp³-hybridized carbons (Fsp3) is 0.556. The van der Waals surface area contributed by atoms with Crippen LogP contribution in [-0.2, 0) is 11.2 Å². The Morgan fingerprint density at radius 1 is 1.29 bits per heavy atom. The molecule has 2 atom stereocenters. The smallest absolute Gasteiger partial charge is 0.322 e. The first-order chi connectivity index (χ1) is 11.5. The number of amides is 3. The Labute approximate surface area is 147 Å². The van der Waals surface area contributed by atoms with Gasteiger partial charge in [0.15, 0.2) is 0 Å². The van der Waals surface area contributed by atoms with E-state index in [1.807, 2.05) is 19.1 Å². The lowest BCUT2D eigenvalue weighted by Crippen LogP contribution is -2.55. The molecule has 2 saturated heterocycles. The van der Waals surface area contributed by atoms with Gasteiger partial charge in [-0.15, -0.1) is 0 Å². The third-order valence-electron chi connectivity index (χ3n) is 5.25. The summed E-state index contributed by atoms with van der Waals surface area (Å²) in [5, 5.41) is 5.96. The number of likely N-dealkylation sites (tertiary alicyclic amines) is 1. The Kier molecular flexibility index (Phi) is 5.11. The molecule has 2 aliphatic heterocycles. The van der Waals surface area contributed by atoms with E-state index in [2.05, 4.69) is 27.7 Å². The number of carbonyl (C=O) groups is 2. The van der Waals surface area contributed by atoms with Crippen molar-refractivity contribution in [3.8, 4) is 0 Å². The second-order valence-electron chi connectivity index (χ2n) is 6.98. The van der Waals surface area contributed by atoms with Crippen molar-refractivity contribution < 1.29 is 9.59 Å². The van der Waals surface area contributed by atoms with Gasteiger partial charge in [-0.1, -0.05) is 23.7 Å². The second kappa shape index (κ2) is 7.11. The summed E-state index contributed by atoms with van der Waals surface area (Å²) in [6.07, 6.45) is 4.12. The first-order valence-corrected chi connectivity index (χ1v) is 8.95. The lowest BCUT2D eigenvalue weighted by atomic mass is 9.80. The van der Waals surface area contributed by atoms with E-state index in [9.17, 15) is 9.59 Å². The van der Waals surface area contributed by atoms with E-state index in [0.717, 1.165) is 50.3 Å². The Hall–Kier alpha value is -1.59. The summed E-state index contributed by atoms with van der Waals surface area (Å²) >= 11 is 5.91. The molecule has 0 aliphatic carbocycles. The van der Waals surface area contributed by atoms with Gasteiger partial charge in [0.1, 0.15) is 5.54 Å². The van der Waals surface area contributed by atoms with E-state index >= 15 is 0 Å². The Balaban J connectivity index is 1.51. The highest BCUT2D eigenvalue weighted by Gasteiger charge is 2.48. The SMILES string of the molecule is CC1(C2CCCN(CCCc3ccc(Cl)cc3)C2)NC(=O)NC1=O. The summed E-state index contributed by atoms with van der Waals surface area (Å²) in [7, 11) is 0. The van der Waals surface area contributed by atoms with Gasteiger partial charge in [0.05, 0.1) is 0 Å². The number of carbonyl (C=O) groups excluding carboxylic acids is 2. The van der Waals surface area contributed by atoms with Gasteiger partial charge in [-0.25, -0.2) is 4.79 Å². The van der Waals surface area contributed by atoms with E-state index in [1.165, 1.54) is 5.56 Å². The summed E-state index contributed by atoms with van der Waals surface area (Å²) < 4.78 is 0. The third-order valence-corrected chi connectivity index (χ3v) is 5.50. The highest BCUT2D eigenvalue weighted by Crippen LogP contribution is 2.29. The van der Waals surface area contributed by atoms with Gasteiger partial charge in [-0.3, -0.25) is 10.1 Å². The number of nitrogens with one attached hydrogen (secondary N) is 2. The predicted molar refractivity (Wildman–Crippen MR) is 94.0 cm³/mol. The number of hydrogen-bond acceptors (Lipinski definition) is 3. The van der Waals surface area contributed by atoms with Crippen LogP contribution in [0.4, 0.5) is 4.79 Å². The summed E-state index contributed by atoms with van der Waals surface area (Å²) in [6, 6.07) is 7.62. The van der Waals surface area contributed by atoms with Crippen LogP contribution in [-0.4, -0.2) is 42.0 Å². The highest BCUT2D eigenvalue weighted by molar-refractivity contribution is 6.30. The number of halogens is 1. The van der Waals surface area contributed by atoms with Crippen molar-refractivity contribution in [1.82, 2.24) is 15.5 Å². The van der Waals surface area contributed by atoms with Gasteiger partial charge in [0.2, 0.25) is 0 Å². The minimum absolute atomic E-state index is 0.160. The summed E-state index contributed by atoms with van der Waals surface area (Å²) in [5.74, 6) is -0.0336. The minimum atomic E-state index is -0.772. The number of rotatable bonds is 5. The molecule has 2 N–H and O–H groups in total. The zero-order chi connectivity index (χ0) is 17.2. The standard InChI is InChI=1S/C18H24ClN3O2/c1-18(16(23)20-17(24)21-18)14-5-3-11-22(12-14)10-2-4-13-6-8-15(19)9-7-13/h6-9,14H,2-5,10-12H2,1H3,(H2,20,21,23,24). The van der Waals surface area contributed by atoms with Crippen LogP contribution in [0.3, 0.4) is 0 Å². The monoisotopic (exact) mass is 349 g/mol. The number of piperidine rings is 1. The van der Waals surface area contributed by atoms with Crippen LogP contribution in [0, 0.1) is 5.92 Å². The third kappa shape index (κ3) is 3.73. The molecule has 3 amide bonds. The predicted octanol–water partition coefficient (Wildman–Crippen LogP) is 2.58. The maximum atomic E-state index is 12.1. The molecule has 0 bridgehead atoms. The zero-order valence-corrected chi connectivity index (χ0v) is 14.7. The van der Waals surface area contributed by atoms with Crippen LogP contribution in [0.15, 0.2) is 24.3 Å². The molecule has 2 heterocycles. The number of urea groups is 1. The Morgan fingerprint density at radius 3 is 2.71 bits per heavy atom. The summed E-state index contributed by atoms with van der Waals surface area (Å²) in [6.45, 7) is 4.76. The van der Waals surface area contributed by atoms with Crippen LogP contribution < -0.4 is 10.6 Å². The first-order valence-electron chi connectivity index (χ1n) is 8.58. The average Bonchev–Trinajstić information content (AvgIpc) is 2.83. The minimum Gasteiger partial charge on any atom is -0.323 e. The molecule has 0 aromatic heterocycles. The molecule has 130 valence electrons. The van der Waals surface area contributed by atoms with Gasteiger partial charge in [0, 0.05) is 17.5 Å². The molecule has 1 aromatic carbocycles. The van der Waals surface area contributed by atoms with E-state index in [1.54, 1.807) is 0 Å². The average molecular weight is 350 g/mol. The first kappa shape index (κ1) is 17.2. The maximum Gasteiger partial charge on any atom is 0.322 e. The molecule has 0 radical (unpaired) electrons. The van der Waals surface area contributed by atoms with Gasteiger partial charge in [0.25, 0.3) is 5.91 Å². The van der Waals surface area contributed by atoms with Crippen LogP contribution in [0.25, 0.3) is 0 Å². The van der Waals surface area contributed by atoms with E-state index in [4.69, 9.17) is 11.6 Å². The highest BCUT2D eigenvalue weighted by atomic mass is 35.5. The van der Waals surface area contributed by atoms with Gasteiger partial charge in [-0.2, -0.15) is 0 Å². The fourth-order valence-electron chi connectivity index (χ4n) is 3.73. The van der Waals surface area contributed by atoms with Crippen molar-refractivity contribution in [1.29, 1.82) is 0 Å². The van der Waals surface area contributed by atoms with Crippen molar-refractivity contribution in [3.05, 3.63) is 34.9 Å². The molecule has 24 heavy (non-hydrogen) atoms. The largest absolute Gasteiger partial charge is 0.323 e. The van der Waals surface area contributed by atoms with Crippen molar-refractivity contribution in [2.24, 2.45) is 5.92 Å². The van der Waals surface area contributed by atoms with Crippen molar-refractivity contribution >= 4 is 23.5 Å². The topological polar surface area (TPSA) is 61.4 Å². The lowest BCUT2D eigenvalue weighted by molar-refractivity contribution is -0.126. The molecule has 0 saturated carbocycles. The van der Waals surface area contributed by atoms with Crippen molar-refractivity contribution in [2.45, 2.75) is 38.1 Å². The zero-order valence-electron chi connectivity index (χ0n) is 14.0. The Bertz CT molecular complexity index is 619. The molecular weight excluding hydrogens is 326 g/mol. The number of nitrogens with zero attached hydrogens (tertiary/aromatic N) is 1. The molecule has 2 fully saturated rings. The quantitative estimate of drug-likeness (QED) is 0.803. The van der Waals surface area contributed by atoms with Gasteiger partial charge >= 0.3 is 6.03 Å². The fourth-order valence-corrected chi connectivity index (χ4v) is 3.86. The number of hydrogen-bond donors (Lipinski definition) is 2. The van der Waals surface area contributed by atoms with Crippen molar-refractivity contribution in [2.75, 3.05) is 19.6 Å². The van der Waals surface area contributed by atoms with Crippen LogP contribution in [0.1, 0.15) is 31.7 Å². The van der Waals surface area contributed by atoms with E-state index in [-0.39, 0.29) is 17.9 Å². The van der Waals surface area contributed by atoms with Crippen molar-refractivity contribution in [3.63, 3.8) is 0 Å². The molecule has 3 rings (SSSR count). The number of imide groups is 1. The van der Waals surface area contributed by atoms with E-state index < -0.39 is 5.54 Å². The molecule has 2 unspecified atom stereocenters. The summed E-state index contributed by atoms with van der Waals surface area (Å²) in [5.41, 5.74) is 0.522. The van der Waals surface area contributed by atoms with Crippen LogP contribution >= 0.6 is 11.6 Å². The maximum absolute atomic E-state index is 12.1. The van der Waals surface area contributed by atoms with E-state index in [0.29, 0.717) is 0 Å². The second-order valence-corrected chi connectivity index (χ2v) is 7.42. The summed E-state index contributed by atoms with van der Waals surface area (Å²) in [4.78, 5) is 26.0. The molecule has 1 aromatic rings. The van der Waals surface area contributed by atoms with Gasteiger partial charge in [-0.05, 0) is 63.4 Å². The molecule has 0 spiro atoms. The number of benzene rings is 1. The number of aryl methyl sites for hydroxylation is 1. The molecule has 5 nitrogen and oxygen atoms in total. The molecular formula is C18H24ClN3O2. The normalized spacial score (nSPS) is 27.8.